The molecule has 0 amide bonds. The van der Waals surface area contributed by atoms with Crippen LogP contribution in [-0.2, 0) is 5.75 Å². The highest BCUT2D eigenvalue weighted by atomic mass is 32.2. The third kappa shape index (κ3) is 3.32. The molecule has 1 heterocycles. The topological polar surface area (TPSA) is 33.4 Å². The van der Waals surface area contributed by atoms with Crippen LogP contribution in [0.15, 0.2) is 22.8 Å². The molecular formula is C9H14O2S. The second-order valence-electron chi connectivity index (χ2n) is 2.66. The summed E-state index contributed by atoms with van der Waals surface area (Å²) in [7, 11) is 0. The van der Waals surface area contributed by atoms with Crippen molar-refractivity contribution in [3.63, 3.8) is 0 Å². The predicted molar refractivity (Wildman–Crippen MR) is 51.2 cm³/mol. The maximum Gasteiger partial charge on any atom is 0.113 e. The zero-order valence-electron chi connectivity index (χ0n) is 7.19. The third-order valence-electron chi connectivity index (χ3n) is 1.61. The second-order valence-corrected chi connectivity index (χ2v) is 3.69. The molecule has 0 saturated carbocycles. The van der Waals surface area contributed by atoms with Gasteiger partial charge >= 0.3 is 0 Å². The Balaban J connectivity index is 2.11. The van der Waals surface area contributed by atoms with E-state index in [2.05, 4.69) is 0 Å². The lowest BCUT2D eigenvalue weighted by atomic mass is 10.3. The summed E-state index contributed by atoms with van der Waals surface area (Å²) in [6.45, 7) is 1.98. The minimum Gasteiger partial charge on any atom is -0.468 e. The molecule has 68 valence electrons. The van der Waals surface area contributed by atoms with E-state index in [1.807, 2.05) is 19.1 Å². The molecule has 1 atom stereocenters. The van der Waals surface area contributed by atoms with E-state index in [4.69, 9.17) is 4.42 Å². The first-order valence-corrected chi connectivity index (χ1v) is 5.26. The van der Waals surface area contributed by atoms with Crippen LogP contribution in [0.5, 0.6) is 0 Å². The number of aliphatic hydroxyl groups is 1. The van der Waals surface area contributed by atoms with E-state index < -0.39 is 0 Å². The van der Waals surface area contributed by atoms with Gasteiger partial charge < -0.3 is 9.52 Å². The highest BCUT2D eigenvalue weighted by Gasteiger charge is 2.01. The van der Waals surface area contributed by atoms with Gasteiger partial charge in [0.05, 0.1) is 18.1 Å². The minimum absolute atomic E-state index is 0.176. The zero-order chi connectivity index (χ0) is 8.81. The fourth-order valence-electron chi connectivity index (χ4n) is 0.808. The van der Waals surface area contributed by atoms with Crippen molar-refractivity contribution in [3.05, 3.63) is 24.2 Å². The van der Waals surface area contributed by atoms with E-state index in [0.29, 0.717) is 0 Å². The molecule has 0 aromatic carbocycles. The van der Waals surface area contributed by atoms with Crippen molar-refractivity contribution in [2.24, 2.45) is 0 Å². The highest BCUT2D eigenvalue weighted by molar-refractivity contribution is 7.98. The molecule has 0 fully saturated rings. The summed E-state index contributed by atoms with van der Waals surface area (Å²) in [6, 6.07) is 3.83. The van der Waals surface area contributed by atoms with Gasteiger partial charge in [0.2, 0.25) is 0 Å². The van der Waals surface area contributed by atoms with Crippen LogP contribution >= 0.6 is 11.8 Å². The van der Waals surface area contributed by atoms with E-state index in [0.717, 1.165) is 23.7 Å². The monoisotopic (exact) mass is 186 g/mol. The molecule has 0 spiro atoms. The largest absolute Gasteiger partial charge is 0.468 e. The molecular weight excluding hydrogens is 172 g/mol. The summed E-state index contributed by atoms with van der Waals surface area (Å²) in [4.78, 5) is 0. The van der Waals surface area contributed by atoms with E-state index in [1.54, 1.807) is 18.0 Å². The van der Waals surface area contributed by atoms with Crippen molar-refractivity contribution in [1.82, 2.24) is 0 Å². The Bertz CT molecular complexity index is 196. The number of thioether (sulfide) groups is 1. The highest BCUT2D eigenvalue weighted by Crippen LogP contribution is 2.13. The average Bonchev–Trinajstić information content (AvgIpc) is 2.57. The molecule has 0 bridgehead atoms. The minimum atomic E-state index is -0.176. The van der Waals surface area contributed by atoms with Crippen molar-refractivity contribution in [1.29, 1.82) is 0 Å². The molecule has 1 N–H and O–H groups in total. The first-order chi connectivity index (χ1) is 5.83. The Morgan fingerprint density at radius 2 is 2.50 bits per heavy atom. The van der Waals surface area contributed by atoms with Gasteiger partial charge in [-0.3, -0.25) is 0 Å². The number of aliphatic hydroxyl groups excluding tert-OH is 1. The SMILES string of the molecule is CCC(O)CSCc1ccco1. The molecule has 2 nitrogen and oxygen atoms in total. The molecule has 0 aliphatic heterocycles. The third-order valence-corrected chi connectivity index (χ3v) is 2.72. The maximum atomic E-state index is 9.24. The van der Waals surface area contributed by atoms with Gasteiger partial charge in [0.1, 0.15) is 5.76 Å². The molecule has 0 radical (unpaired) electrons. The molecule has 12 heavy (non-hydrogen) atoms. The molecule has 3 heteroatoms. The molecule has 1 rings (SSSR count). The maximum absolute atomic E-state index is 9.24. The van der Waals surface area contributed by atoms with Crippen molar-refractivity contribution < 1.29 is 9.52 Å². The van der Waals surface area contributed by atoms with E-state index in [1.165, 1.54) is 0 Å². The fraction of sp³-hybridized carbons (Fsp3) is 0.556. The summed E-state index contributed by atoms with van der Waals surface area (Å²) in [5.74, 6) is 2.62. The van der Waals surface area contributed by atoms with Crippen molar-refractivity contribution in [3.8, 4) is 0 Å². The van der Waals surface area contributed by atoms with Gasteiger partial charge in [-0.2, -0.15) is 11.8 Å². The first kappa shape index (κ1) is 9.68. The smallest absolute Gasteiger partial charge is 0.113 e. The predicted octanol–water partition coefficient (Wildman–Crippen LogP) is 2.28. The van der Waals surface area contributed by atoms with Crippen LogP contribution in [0, 0.1) is 0 Å². The normalized spacial score (nSPS) is 13.2. The molecule has 1 aromatic rings. The molecule has 0 aliphatic rings. The quantitative estimate of drug-likeness (QED) is 0.766. The van der Waals surface area contributed by atoms with Gasteiger partial charge in [-0.25, -0.2) is 0 Å². The summed E-state index contributed by atoms with van der Waals surface area (Å²) < 4.78 is 5.15. The zero-order valence-corrected chi connectivity index (χ0v) is 8.01. The number of furan rings is 1. The molecule has 0 saturated heterocycles. The Kier molecular flexibility index (Phi) is 4.25. The average molecular weight is 186 g/mol. The van der Waals surface area contributed by atoms with Crippen molar-refractivity contribution >= 4 is 11.8 Å². The van der Waals surface area contributed by atoms with Crippen LogP contribution in [-0.4, -0.2) is 17.0 Å². The van der Waals surface area contributed by atoms with Crippen LogP contribution in [0.25, 0.3) is 0 Å². The first-order valence-electron chi connectivity index (χ1n) is 4.11. The van der Waals surface area contributed by atoms with E-state index in [-0.39, 0.29) is 6.10 Å². The second kappa shape index (κ2) is 5.27. The van der Waals surface area contributed by atoms with Crippen LogP contribution in [0.1, 0.15) is 19.1 Å². The van der Waals surface area contributed by atoms with Crippen LogP contribution in [0.4, 0.5) is 0 Å². The van der Waals surface area contributed by atoms with Gasteiger partial charge in [-0.1, -0.05) is 6.92 Å². The van der Waals surface area contributed by atoms with Crippen LogP contribution < -0.4 is 0 Å². The summed E-state index contributed by atoms with van der Waals surface area (Å²) >= 11 is 1.70. The van der Waals surface area contributed by atoms with Gasteiger partial charge in [0, 0.05) is 5.75 Å². The standard InChI is InChI=1S/C9H14O2S/c1-2-8(10)6-12-7-9-4-3-5-11-9/h3-5,8,10H,2,6-7H2,1H3. The van der Waals surface area contributed by atoms with Crippen LogP contribution in [0.2, 0.25) is 0 Å². The van der Waals surface area contributed by atoms with Crippen molar-refractivity contribution in [2.75, 3.05) is 5.75 Å². The molecule has 1 aromatic heterocycles. The number of rotatable bonds is 5. The van der Waals surface area contributed by atoms with Gasteiger partial charge in [0.15, 0.2) is 0 Å². The summed E-state index contributed by atoms with van der Waals surface area (Å²) in [5.41, 5.74) is 0. The Labute approximate surface area is 77.0 Å². The fourth-order valence-corrected chi connectivity index (χ4v) is 1.80. The molecule has 0 aliphatic carbocycles. The lowest BCUT2D eigenvalue weighted by Crippen LogP contribution is -2.07. The van der Waals surface area contributed by atoms with Gasteiger partial charge in [-0.15, -0.1) is 0 Å². The summed E-state index contributed by atoms with van der Waals surface area (Å²) in [5, 5.41) is 9.24. The van der Waals surface area contributed by atoms with Crippen molar-refractivity contribution in [2.45, 2.75) is 25.2 Å². The number of hydrogen-bond donors (Lipinski definition) is 1. The Hall–Kier alpha value is -0.410. The Morgan fingerprint density at radius 1 is 1.67 bits per heavy atom. The summed E-state index contributed by atoms with van der Waals surface area (Å²) in [6.07, 6.45) is 2.32. The van der Waals surface area contributed by atoms with E-state index >= 15 is 0 Å². The number of hydrogen-bond acceptors (Lipinski definition) is 3. The van der Waals surface area contributed by atoms with Crippen LogP contribution in [0.3, 0.4) is 0 Å². The lowest BCUT2D eigenvalue weighted by molar-refractivity contribution is 0.195. The molecule has 1 unspecified atom stereocenters. The van der Waals surface area contributed by atoms with Gasteiger partial charge in [0.25, 0.3) is 0 Å². The van der Waals surface area contributed by atoms with Gasteiger partial charge in [-0.05, 0) is 18.6 Å². The van der Waals surface area contributed by atoms with E-state index in [9.17, 15) is 5.11 Å². The lowest BCUT2D eigenvalue weighted by Gasteiger charge is -2.04. The Morgan fingerprint density at radius 3 is 3.08 bits per heavy atom.